The molecule has 0 aliphatic heterocycles. The van der Waals surface area contributed by atoms with E-state index in [-0.39, 0.29) is 51.9 Å². The summed E-state index contributed by atoms with van der Waals surface area (Å²) < 4.78 is 67.2. The monoisotopic (exact) mass is 704 g/mol. The summed E-state index contributed by atoms with van der Waals surface area (Å²) in [5.41, 5.74) is 7.25. The van der Waals surface area contributed by atoms with Gasteiger partial charge < -0.3 is 20.5 Å². The van der Waals surface area contributed by atoms with Gasteiger partial charge in [-0.2, -0.15) is 5.10 Å². The Bertz CT molecular complexity index is 2010. The fraction of sp³-hybridized carbons (Fsp3) is 0.312. The van der Waals surface area contributed by atoms with Gasteiger partial charge in [0.2, 0.25) is 10.0 Å². The van der Waals surface area contributed by atoms with Crippen LogP contribution in [0.3, 0.4) is 0 Å². The van der Waals surface area contributed by atoms with Crippen LogP contribution >= 0.6 is 11.6 Å². The second-order valence-electron chi connectivity index (χ2n) is 11.8. The van der Waals surface area contributed by atoms with Crippen molar-refractivity contribution in [3.05, 3.63) is 76.1 Å². The van der Waals surface area contributed by atoms with Crippen LogP contribution < -0.4 is 15.8 Å². The van der Waals surface area contributed by atoms with E-state index in [1.807, 2.05) is 0 Å². The van der Waals surface area contributed by atoms with Gasteiger partial charge in [-0.25, -0.2) is 31.8 Å². The second-order valence-corrected chi connectivity index (χ2v) is 14.0. The number of aryl methyl sites for hydroxylation is 1. The quantitative estimate of drug-likeness (QED) is 0.134. The highest BCUT2D eigenvalue weighted by Crippen LogP contribution is 2.41. The number of pyridine rings is 1. The molecule has 0 radical (unpaired) electrons. The Balaban J connectivity index is 2.03. The van der Waals surface area contributed by atoms with E-state index in [0.717, 1.165) is 30.5 Å². The number of sulfonamides is 1. The van der Waals surface area contributed by atoms with E-state index >= 15 is 0 Å². The fourth-order valence-electron chi connectivity index (χ4n) is 4.98. The number of ether oxygens (including phenoxy) is 2. The normalized spacial score (nSPS) is 12.7. The van der Waals surface area contributed by atoms with Crippen molar-refractivity contribution in [3.8, 4) is 11.1 Å². The number of fused-ring (bicyclic) bond motifs is 1. The summed E-state index contributed by atoms with van der Waals surface area (Å²) in [5, 5.41) is 7.55. The van der Waals surface area contributed by atoms with Crippen molar-refractivity contribution in [3.63, 3.8) is 0 Å². The van der Waals surface area contributed by atoms with Crippen molar-refractivity contribution < 1.29 is 36.3 Å². The number of nitrogens with two attached hydrogens (primary N) is 1. The van der Waals surface area contributed by atoms with Crippen molar-refractivity contribution >= 4 is 62.2 Å². The summed E-state index contributed by atoms with van der Waals surface area (Å²) in [6.45, 7) is 6.79. The summed E-state index contributed by atoms with van der Waals surface area (Å²) in [7, 11) is -2.18. The molecular formula is C32H35ClF2N6O6S. The molecule has 48 heavy (non-hydrogen) atoms. The molecule has 0 saturated carbocycles. The fourth-order valence-corrected chi connectivity index (χ4v) is 5.72. The molecular weight excluding hydrogens is 670 g/mol. The van der Waals surface area contributed by atoms with Crippen LogP contribution in [0.5, 0.6) is 0 Å². The van der Waals surface area contributed by atoms with Crippen molar-refractivity contribution in [2.24, 2.45) is 7.05 Å². The van der Waals surface area contributed by atoms with E-state index in [0.29, 0.717) is 16.6 Å². The van der Waals surface area contributed by atoms with Crippen molar-refractivity contribution in [2.45, 2.75) is 45.8 Å². The highest BCUT2D eigenvalue weighted by molar-refractivity contribution is 7.92. The predicted octanol–water partition coefficient (Wildman–Crippen LogP) is 5.91. The maximum absolute atomic E-state index is 14.3. The zero-order chi connectivity index (χ0) is 35.6. The smallest absolute Gasteiger partial charge is 0.408 e. The van der Waals surface area contributed by atoms with E-state index in [1.54, 1.807) is 46.9 Å². The molecule has 0 aliphatic rings. The third kappa shape index (κ3) is 8.98. The van der Waals surface area contributed by atoms with Gasteiger partial charge in [-0.05, 0) is 70.0 Å². The van der Waals surface area contributed by atoms with Crippen LogP contribution in [0.2, 0.25) is 5.02 Å². The summed E-state index contributed by atoms with van der Waals surface area (Å²) in [4.78, 5) is 30.1. The summed E-state index contributed by atoms with van der Waals surface area (Å²) in [5.74, 6) is -2.34. The van der Waals surface area contributed by atoms with Gasteiger partial charge in [-0.1, -0.05) is 17.7 Å². The average molecular weight is 705 g/mol. The lowest BCUT2D eigenvalue weighted by Crippen LogP contribution is -2.36. The number of aromatic nitrogens is 3. The largest absolute Gasteiger partial charge is 0.463 e. The molecule has 256 valence electrons. The molecule has 1 unspecified atom stereocenters. The van der Waals surface area contributed by atoms with Crippen LogP contribution in [0.1, 0.15) is 50.7 Å². The van der Waals surface area contributed by atoms with E-state index < -0.39 is 45.4 Å². The van der Waals surface area contributed by atoms with E-state index in [1.165, 1.54) is 16.8 Å². The molecule has 1 atom stereocenters. The summed E-state index contributed by atoms with van der Waals surface area (Å²) in [6.07, 6.45) is 2.43. The Morgan fingerprint density at radius 2 is 1.79 bits per heavy atom. The third-order valence-electron chi connectivity index (χ3n) is 6.67. The summed E-state index contributed by atoms with van der Waals surface area (Å²) >= 11 is 6.56. The SMILES string of the molecule is CCOC(=O)C=Cc1nc(C(Cc2cc(F)cc(F)c2)NC(=O)OC(C)(C)C)c(-c2ccc(Cl)c3c(NS(C)(=O)=O)nn(C)c23)cc1N. The maximum Gasteiger partial charge on any atom is 0.408 e. The van der Waals surface area contributed by atoms with Gasteiger partial charge >= 0.3 is 12.1 Å². The first kappa shape index (κ1) is 36.1. The molecule has 16 heteroatoms. The Hall–Kier alpha value is -4.76. The topological polar surface area (TPSA) is 168 Å². The molecule has 0 spiro atoms. The molecule has 4 aromatic rings. The van der Waals surface area contributed by atoms with Gasteiger partial charge in [-0.3, -0.25) is 9.40 Å². The number of nitrogens with zero attached hydrogens (tertiary/aromatic N) is 3. The number of amides is 1. The number of benzene rings is 2. The number of hydrogen-bond donors (Lipinski definition) is 3. The third-order valence-corrected chi connectivity index (χ3v) is 7.55. The first-order valence-corrected chi connectivity index (χ1v) is 16.8. The van der Waals surface area contributed by atoms with Crippen molar-refractivity contribution in [1.82, 2.24) is 20.1 Å². The zero-order valence-electron chi connectivity index (χ0n) is 27.0. The minimum absolute atomic E-state index is 0.0306. The number of anilines is 2. The number of nitrogens with one attached hydrogen (secondary N) is 2. The molecule has 2 heterocycles. The highest BCUT2D eigenvalue weighted by Gasteiger charge is 2.28. The molecule has 4 rings (SSSR count). The molecule has 0 saturated heterocycles. The van der Waals surface area contributed by atoms with E-state index in [4.69, 9.17) is 31.8 Å². The molecule has 2 aromatic heterocycles. The number of rotatable bonds is 10. The Labute approximate surface area is 281 Å². The van der Waals surface area contributed by atoms with Crippen LogP contribution in [0.4, 0.5) is 25.1 Å². The maximum atomic E-state index is 14.3. The number of hydrogen-bond acceptors (Lipinski definition) is 9. The van der Waals surface area contributed by atoms with Gasteiger partial charge in [0.25, 0.3) is 0 Å². The minimum atomic E-state index is -3.76. The minimum Gasteiger partial charge on any atom is -0.463 e. The second kappa shape index (κ2) is 14.2. The van der Waals surface area contributed by atoms with Crippen LogP contribution in [0.15, 0.2) is 42.5 Å². The predicted molar refractivity (Wildman–Crippen MR) is 180 cm³/mol. The lowest BCUT2D eigenvalue weighted by atomic mass is 9.93. The number of halogens is 3. The zero-order valence-corrected chi connectivity index (χ0v) is 28.6. The molecule has 0 bridgehead atoms. The number of carbonyl (C=O) groups is 2. The molecule has 0 fully saturated rings. The average Bonchev–Trinajstić information content (AvgIpc) is 3.25. The first-order valence-electron chi connectivity index (χ1n) is 14.6. The first-order chi connectivity index (χ1) is 22.3. The van der Waals surface area contributed by atoms with Gasteiger partial charge in [0, 0.05) is 30.3 Å². The number of nitrogen functional groups attached to an aromatic ring is 1. The van der Waals surface area contributed by atoms with Gasteiger partial charge in [0.15, 0.2) is 5.82 Å². The molecule has 1 amide bonds. The molecule has 4 N–H and O–H groups in total. The summed E-state index contributed by atoms with van der Waals surface area (Å²) in [6, 6.07) is 6.58. The van der Waals surface area contributed by atoms with Crippen LogP contribution in [0, 0.1) is 11.6 Å². The van der Waals surface area contributed by atoms with E-state index in [9.17, 15) is 26.8 Å². The Kier molecular flexibility index (Phi) is 10.6. The number of carbonyl (C=O) groups excluding carboxylic acids is 2. The van der Waals surface area contributed by atoms with Crippen LogP contribution in [-0.4, -0.2) is 53.7 Å². The number of esters is 1. The molecule has 2 aromatic carbocycles. The van der Waals surface area contributed by atoms with Crippen molar-refractivity contribution in [2.75, 3.05) is 23.3 Å². The lowest BCUT2D eigenvalue weighted by molar-refractivity contribution is -0.137. The molecule has 0 aliphatic carbocycles. The Morgan fingerprint density at radius 3 is 2.40 bits per heavy atom. The van der Waals surface area contributed by atoms with E-state index in [2.05, 4.69) is 15.1 Å². The van der Waals surface area contributed by atoms with Crippen LogP contribution in [-0.2, 0) is 37.8 Å². The van der Waals surface area contributed by atoms with Crippen LogP contribution in [0.25, 0.3) is 28.1 Å². The number of alkyl carbamates (subject to hydrolysis) is 1. The highest BCUT2D eigenvalue weighted by atomic mass is 35.5. The molecule has 12 nitrogen and oxygen atoms in total. The Morgan fingerprint density at radius 1 is 1.12 bits per heavy atom. The van der Waals surface area contributed by atoms with Gasteiger partial charge in [0.05, 0.1) is 51.9 Å². The van der Waals surface area contributed by atoms with Crippen molar-refractivity contribution in [1.29, 1.82) is 0 Å². The van der Waals surface area contributed by atoms with Gasteiger partial charge in [0.1, 0.15) is 17.2 Å². The standard InChI is InChI=1S/C32H35ClF2N6O6S/c1-7-46-26(42)11-10-24-23(36)16-21(20-8-9-22(33)27-29(20)41(5)39-30(27)40-48(6,44)45)28(37-24)25(38-31(43)47-32(2,3)4)14-17-12-18(34)15-19(35)13-17/h8-13,15-16,25H,7,14,36H2,1-6H3,(H,38,43)(H,39,40). The lowest BCUT2D eigenvalue weighted by Gasteiger charge is -2.26. The van der Waals surface area contributed by atoms with Gasteiger partial charge in [-0.15, -0.1) is 0 Å².